The van der Waals surface area contributed by atoms with Gasteiger partial charge in [0.15, 0.2) is 5.78 Å². The number of anilines is 1. The Bertz CT molecular complexity index is 504. The fourth-order valence-corrected chi connectivity index (χ4v) is 3.11. The molecule has 1 unspecified atom stereocenters. The maximum Gasteiger partial charge on any atom is 0.224 e. The van der Waals surface area contributed by atoms with Crippen molar-refractivity contribution in [1.29, 1.82) is 0 Å². The lowest BCUT2D eigenvalue weighted by molar-refractivity contribution is -0.116. The Hall–Kier alpha value is -1.35. The zero-order chi connectivity index (χ0) is 15.9. The van der Waals surface area contributed by atoms with Crippen molar-refractivity contribution < 1.29 is 9.59 Å². The van der Waals surface area contributed by atoms with E-state index in [4.69, 9.17) is 11.6 Å². The minimum absolute atomic E-state index is 0.0513. The van der Waals surface area contributed by atoms with Gasteiger partial charge in [-0.25, -0.2) is 0 Å². The van der Waals surface area contributed by atoms with Gasteiger partial charge in [0.1, 0.15) is 0 Å². The first-order chi connectivity index (χ1) is 10.6. The number of amides is 1. The van der Waals surface area contributed by atoms with Crippen LogP contribution in [0.3, 0.4) is 0 Å². The molecule has 0 saturated heterocycles. The second kappa shape index (κ2) is 8.33. The molecule has 0 aliphatic heterocycles. The Balaban J connectivity index is 1.80. The number of carbonyl (C=O) groups excluding carboxylic acids is 2. The molecule has 1 aliphatic rings. The van der Waals surface area contributed by atoms with Crippen LogP contribution in [0.4, 0.5) is 5.69 Å². The van der Waals surface area contributed by atoms with Crippen molar-refractivity contribution in [3.63, 3.8) is 0 Å². The van der Waals surface area contributed by atoms with Crippen LogP contribution in [0, 0.1) is 5.92 Å². The lowest BCUT2D eigenvalue weighted by atomic mass is 9.86. The van der Waals surface area contributed by atoms with Crippen LogP contribution in [0.25, 0.3) is 0 Å². The van der Waals surface area contributed by atoms with Gasteiger partial charge in [0.05, 0.1) is 5.38 Å². The zero-order valence-corrected chi connectivity index (χ0v) is 13.9. The van der Waals surface area contributed by atoms with Crippen LogP contribution in [0.5, 0.6) is 0 Å². The number of Topliss-reactive ketones (excluding diaryl/α,β-unsaturated/α-hetero) is 1. The maximum absolute atomic E-state index is 12.0. The number of alkyl halides is 1. The van der Waals surface area contributed by atoms with Crippen molar-refractivity contribution in [2.24, 2.45) is 5.92 Å². The Morgan fingerprint density at radius 2 is 1.82 bits per heavy atom. The van der Waals surface area contributed by atoms with Gasteiger partial charge >= 0.3 is 0 Å². The molecule has 120 valence electrons. The van der Waals surface area contributed by atoms with Crippen LogP contribution in [0.15, 0.2) is 24.3 Å². The highest BCUT2D eigenvalue weighted by molar-refractivity contribution is 6.33. The predicted molar refractivity (Wildman–Crippen MR) is 90.5 cm³/mol. The molecular weight excluding hydrogens is 298 g/mol. The first kappa shape index (κ1) is 17.0. The zero-order valence-electron chi connectivity index (χ0n) is 13.1. The number of carbonyl (C=O) groups is 2. The van der Waals surface area contributed by atoms with Crippen molar-refractivity contribution in [1.82, 2.24) is 0 Å². The number of rotatable bonds is 6. The van der Waals surface area contributed by atoms with Gasteiger partial charge in [-0.05, 0) is 43.5 Å². The number of ketones is 1. The molecule has 1 fully saturated rings. The van der Waals surface area contributed by atoms with Crippen molar-refractivity contribution in [3.8, 4) is 0 Å². The number of hydrogen-bond donors (Lipinski definition) is 1. The van der Waals surface area contributed by atoms with E-state index in [1.54, 1.807) is 31.2 Å². The fraction of sp³-hybridized carbons (Fsp3) is 0.556. The second-order valence-electron chi connectivity index (χ2n) is 6.15. The SMILES string of the molecule is CC(Cl)C(=O)c1ccc(NC(=O)CCC2CCCCC2)cc1. The summed E-state index contributed by atoms with van der Waals surface area (Å²) in [5.74, 6) is 0.664. The summed E-state index contributed by atoms with van der Waals surface area (Å²) in [5.41, 5.74) is 1.30. The monoisotopic (exact) mass is 321 g/mol. The molecule has 1 aliphatic carbocycles. The molecule has 1 saturated carbocycles. The van der Waals surface area contributed by atoms with Gasteiger partial charge in [0.25, 0.3) is 0 Å². The summed E-state index contributed by atoms with van der Waals surface area (Å²) >= 11 is 5.78. The quantitative estimate of drug-likeness (QED) is 0.604. The summed E-state index contributed by atoms with van der Waals surface area (Å²) in [4.78, 5) is 23.7. The average molecular weight is 322 g/mol. The van der Waals surface area contributed by atoms with Gasteiger partial charge in [-0.1, -0.05) is 32.1 Å². The van der Waals surface area contributed by atoms with Gasteiger partial charge in [0.2, 0.25) is 5.91 Å². The van der Waals surface area contributed by atoms with E-state index in [0.717, 1.165) is 12.1 Å². The van der Waals surface area contributed by atoms with Crippen LogP contribution >= 0.6 is 11.6 Å². The van der Waals surface area contributed by atoms with Crippen LogP contribution in [0.2, 0.25) is 0 Å². The van der Waals surface area contributed by atoms with E-state index in [9.17, 15) is 9.59 Å². The van der Waals surface area contributed by atoms with Crippen LogP contribution in [0.1, 0.15) is 62.2 Å². The van der Waals surface area contributed by atoms with E-state index in [-0.39, 0.29) is 11.7 Å². The van der Waals surface area contributed by atoms with E-state index in [0.29, 0.717) is 17.9 Å². The first-order valence-electron chi connectivity index (χ1n) is 8.14. The Labute approximate surface area is 137 Å². The third kappa shape index (κ3) is 5.13. The Kier molecular flexibility index (Phi) is 6.44. The molecular formula is C18H24ClNO2. The third-order valence-corrected chi connectivity index (χ3v) is 4.52. The molecule has 0 bridgehead atoms. The van der Waals surface area contributed by atoms with E-state index < -0.39 is 5.38 Å². The maximum atomic E-state index is 12.0. The van der Waals surface area contributed by atoms with E-state index >= 15 is 0 Å². The molecule has 1 amide bonds. The molecule has 0 heterocycles. The average Bonchev–Trinajstić information content (AvgIpc) is 2.54. The normalized spacial score (nSPS) is 17.0. The molecule has 0 aromatic heterocycles. The first-order valence-corrected chi connectivity index (χ1v) is 8.58. The summed E-state index contributed by atoms with van der Waals surface area (Å²) in [6, 6.07) is 6.92. The molecule has 3 nitrogen and oxygen atoms in total. The van der Waals surface area contributed by atoms with Gasteiger partial charge < -0.3 is 5.32 Å². The van der Waals surface area contributed by atoms with Gasteiger partial charge in [0, 0.05) is 17.7 Å². The number of nitrogens with one attached hydrogen (secondary N) is 1. The summed E-state index contributed by atoms with van der Waals surface area (Å²) in [7, 11) is 0. The third-order valence-electron chi connectivity index (χ3n) is 4.32. The highest BCUT2D eigenvalue weighted by Gasteiger charge is 2.15. The highest BCUT2D eigenvalue weighted by atomic mass is 35.5. The Morgan fingerprint density at radius 3 is 2.41 bits per heavy atom. The predicted octanol–water partition coefficient (Wildman–Crippen LogP) is 4.80. The Morgan fingerprint density at radius 1 is 1.18 bits per heavy atom. The lowest BCUT2D eigenvalue weighted by Crippen LogP contribution is -2.15. The number of hydrogen-bond acceptors (Lipinski definition) is 2. The van der Waals surface area contributed by atoms with E-state index in [1.165, 1.54) is 32.1 Å². The summed E-state index contributed by atoms with van der Waals surface area (Å²) in [6.07, 6.45) is 8.04. The molecule has 4 heteroatoms. The second-order valence-corrected chi connectivity index (χ2v) is 6.80. The summed E-state index contributed by atoms with van der Waals surface area (Å²) in [6.45, 7) is 1.66. The molecule has 2 rings (SSSR count). The topological polar surface area (TPSA) is 46.2 Å². The van der Waals surface area contributed by atoms with Gasteiger partial charge in [-0.2, -0.15) is 0 Å². The summed E-state index contributed by atoms with van der Waals surface area (Å²) in [5, 5.41) is 2.36. The lowest BCUT2D eigenvalue weighted by Gasteiger charge is -2.21. The van der Waals surface area contributed by atoms with Crippen LogP contribution in [-0.2, 0) is 4.79 Å². The van der Waals surface area contributed by atoms with Gasteiger partial charge in [-0.3, -0.25) is 9.59 Å². The number of benzene rings is 1. The van der Waals surface area contributed by atoms with Crippen molar-refractivity contribution >= 4 is 29.0 Å². The molecule has 0 spiro atoms. The van der Waals surface area contributed by atoms with E-state index in [2.05, 4.69) is 5.32 Å². The smallest absolute Gasteiger partial charge is 0.224 e. The van der Waals surface area contributed by atoms with Crippen LogP contribution in [-0.4, -0.2) is 17.1 Å². The molecule has 1 aromatic carbocycles. The summed E-state index contributed by atoms with van der Waals surface area (Å²) < 4.78 is 0. The van der Waals surface area contributed by atoms with Crippen molar-refractivity contribution in [2.45, 2.75) is 57.2 Å². The largest absolute Gasteiger partial charge is 0.326 e. The fourth-order valence-electron chi connectivity index (χ4n) is 2.98. The van der Waals surface area contributed by atoms with E-state index in [1.807, 2.05) is 0 Å². The minimum Gasteiger partial charge on any atom is -0.326 e. The number of halogens is 1. The molecule has 22 heavy (non-hydrogen) atoms. The molecule has 0 radical (unpaired) electrons. The van der Waals surface area contributed by atoms with Gasteiger partial charge in [-0.15, -0.1) is 11.6 Å². The van der Waals surface area contributed by atoms with Crippen molar-refractivity contribution in [2.75, 3.05) is 5.32 Å². The highest BCUT2D eigenvalue weighted by Crippen LogP contribution is 2.27. The van der Waals surface area contributed by atoms with Crippen LogP contribution < -0.4 is 5.32 Å². The molecule has 1 aromatic rings. The standard InChI is InChI=1S/C18H24ClNO2/c1-13(19)18(22)15-8-10-16(11-9-15)20-17(21)12-7-14-5-3-2-4-6-14/h8-11,13-14H,2-7,12H2,1H3,(H,20,21). The molecule has 1 N–H and O–H groups in total. The van der Waals surface area contributed by atoms with Crippen molar-refractivity contribution in [3.05, 3.63) is 29.8 Å². The minimum atomic E-state index is -0.532. The molecule has 1 atom stereocenters.